The molecule has 162 valence electrons. The van der Waals surface area contributed by atoms with Crippen LogP contribution in [-0.4, -0.2) is 78.4 Å². The highest BCUT2D eigenvalue weighted by atomic mass is 19.1. The molecule has 1 aromatic heterocycles. The molecule has 0 saturated carbocycles. The quantitative estimate of drug-likeness (QED) is 0.691. The highest BCUT2D eigenvalue weighted by molar-refractivity contribution is 5.85. The molecule has 8 heteroatoms. The molecule has 7 nitrogen and oxygen atoms in total. The van der Waals surface area contributed by atoms with E-state index in [1.54, 1.807) is 24.2 Å². The van der Waals surface area contributed by atoms with Crippen molar-refractivity contribution >= 4 is 23.0 Å². The number of piperidine rings is 1. The number of fused-ring (bicyclic) bond motifs is 1. The Morgan fingerprint density at radius 1 is 1.35 bits per heavy atom. The third-order valence-electron chi connectivity index (χ3n) is 5.93. The zero-order valence-corrected chi connectivity index (χ0v) is 17.6. The van der Waals surface area contributed by atoms with E-state index >= 15 is 0 Å². The van der Waals surface area contributed by atoms with Crippen LogP contribution in [0.25, 0.3) is 10.9 Å². The number of aromatic nitrogens is 1. The van der Waals surface area contributed by atoms with Gasteiger partial charge in [-0.05, 0) is 37.1 Å². The molecule has 2 aromatic rings. The maximum atomic E-state index is 13.8. The lowest BCUT2D eigenvalue weighted by Crippen LogP contribution is -2.46. The maximum absolute atomic E-state index is 13.8. The zero-order valence-electron chi connectivity index (χ0n) is 17.6. The van der Waals surface area contributed by atoms with Gasteiger partial charge in [0, 0.05) is 38.2 Å². The van der Waals surface area contributed by atoms with Crippen LogP contribution in [0.2, 0.25) is 0 Å². The number of hydrogen-bond acceptors (Lipinski definition) is 6. The van der Waals surface area contributed by atoms with E-state index in [4.69, 9.17) is 10.00 Å². The first-order valence-corrected chi connectivity index (χ1v) is 10.6. The van der Waals surface area contributed by atoms with Crippen LogP contribution in [0, 0.1) is 11.3 Å². The number of ether oxygens (including phenoxy) is 1. The fraction of sp³-hybridized carbons (Fsp3) is 0.478. The van der Waals surface area contributed by atoms with Crippen molar-refractivity contribution in [2.45, 2.75) is 37.6 Å². The van der Waals surface area contributed by atoms with Crippen LogP contribution in [0.5, 0.6) is 5.75 Å². The van der Waals surface area contributed by atoms with Crippen LogP contribution in [0.4, 0.5) is 4.39 Å². The number of amides is 1. The normalized spacial score (nSPS) is 22.8. The molecule has 1 amide bonds. The van der Waals surface area contributed by atoms with Gasteiger partial charge in [0.1, 0.15) is 29.8 Å². The number of nitrogens with zero attached hydrogens (tertiary/aromatic N) is 5. The molecule has 0 unspecified atom stereocenters. The molecule has 2 aliphatic heterocycles. The zero-order chi connectivity index (χ0) is 21.8. The lowest BCUT2D eigenvalue weighted by Gasteiger charge is -2.33. The summed E-state index contributed by atoms with van der Waals surface area (Å²) in [6.07, 6.45) is 2.67. The standard InChI is InChI=1S/C23H26FN5O2/c1-26-13-18-11-16(24)14-29(18)23(30)15-28-9-7-19(8-10-28)31-22-4-2-3-21-20(22)6-5-17(12-25)27-21/h2-6,13,16,18-19H,7-11,14-15H2,1H3/t16-,18-/m0/s1. The number of likely N-dealkylation sites (tertiary alicyclic amines) is 2. The Morgan fingerprint density at radius 3 is 2.90 bits per heavy atom. The van der Waals surface area contributed by atoms with Gasteiger partial charge in [0.2, 0.25) is 5.91 Å². The number of carbonyl (C=O) groups excluding carboxylic acids is 1. The summed E-state index contributed by atoms with van der Waals surface area (Å²) in [6, 6.07) is 11.0. The summed E-state index contributed by atoms with van der Waals surface area (Å²) in [5.74, 6) is 0.717. The molecular formula is C23H26FN5O2. The smallest absolute Gasteiger partial charge is 0.237 e. The SMILES string of the molecule is CN=C[C@@H]1C[C@H](F)CN1C(=O)CN1CCC(Oc2cccc3nc(C#N)ccc23)CC1. The maximum Gasteiger partial charge on any atom is 0.237 e. The van der Waals surface area contributed by atoms with Crippen LogP contribution in [0.15, 0.2) is 35.3 Å². The molecular weight excluding hydrogens is 397 g/mol. The Labute approximate surface area is 181 Å². The van der Waals surface area contributed by atoms with Crippen molar-refractivity contribution in [3.05, 3.63) is 36.0 Å². The number of hydrogen-bond donors (Lipinski definition) is 0. The summed E-state index contributed by atoms with van der Waals surface area (Å²) in [5, 5.41) is 9.92. The van der Waals surface area contributed by atoms with Crippen molar-refractivity contribution in [1.29, 1.82) is 5.26 Å². The molecule has 2 saturated heterocycles. The van der Waals surface area contributed by atoms with E-state index < -0.39 is 6.17 Å². The second-order valence-corrected chi connectivity index (χ2v) is 8.08. The van der Waals surface area contributed by atoms with Crippen LogP contribution >= 0.6 is 0 Å². The molecule has 0 radical (unpaired) electrons. The number of benzene rings is 1. The minimum Gasteiger partial charge on any atom is -0.490 e. The first-order valence-electron chi connectivity index (χ1n) is 10.6. The number of carbonyl (C=O) groups is 1. The lowest BCUT2D eigenvalue weighted by molar-refractivity contribution is -0.132. The topological polar surface area (TPSA) is 81.8 Å². The van der Waals surface area contributed by atoms with Gasteiger partial charge < -0.3 is 9.64 Å². The molecule has 1 aromatic carbocycles. The van der Waals surface area contributed by atoms with Crippen molar-refractivity contribution in [2.75, 3.05) is 33.2 Å². The van der Waals surface area contributed by atoms with Gasteiger partial charge in [-0.15, -0.1) is 0 Å². The van der Waals surface area contributed by atoms with Crippen molar-refractivity contribution < 1.29 is 13.9 Å². The summed E-state index contributed by atoms with van der Waals surface area (Å²) in [6.45, 7) is 1.94. The summed E-state index contributed by atoms with van der Waals surface area (Å²) < 4.78 is 20.0. The minimum atomic E-state index is -0.981. The summed E-state index contributed by atoms with van der Waals surface area (Å²) >= 11 is 0. The van der Waals surface area contributed by atoms with Crippen LogP contribution in [0.1, 0.15) is 25.0 Å². The van der Waals surface area contributed by atoms with Crippen LogP contribution in [0.3, 0.4) is 0 Å². The number of aliphatic imine (C=N–C) groups is 1. The van der Waals surface area contributed by atoms with E-state index in [1.165, 1.54) is 0 Å². The van der Waals surface area contributed by atoms with Crippen LogP contribution in [-0.2, 0) is 4.79 Å². The van der Waals surface area contributed by atoms with Crippen LogP contribution < -0.4 is 4.74 Å². The number of halogens is 1. The predicted octanol–water partition coefficient (Wildman–Crippen LogP) is 2.59. The molecule has 3 heterocycles. The van der Waals surface area contributed by atoms with Crippen molar-refractivity contribution in [1.82, 2.24) is 14.8 Å². The molecule has 2 fully saturated rings. The summed E-state index contributed by atoms with van der Waals surface area (Å²) in [5.41, 5.74) is 1.12. The number of pyridine rings is 1. The Hall–Kier alpha value is -3.05. The van der Waals surface area contributed by atoms with Crippen molar-refractivity contribution in [2.24, 2.45) is 4.99 Å². The van der Waals surface area contributed by atoms with E-state index in [0.29, 0.717) is 18.7 Å². The summed E-state index contributed by atoms with van der Waals surface area (Å²) in [7, 11) is 1.65. The second kappa shape index (κ2) is 9.40. The van der Waals surface area contributed by atoms with Gasteiger partial charge in [-0.2, -0.15) is 5.26 Å². The van der Waals surface area contributed by atoms with E-state index in [0.717, 1.165) is 42.6 Å². The fourth-order valence-corrected chi connectivity index (χ4v) is 4.35. The van der Waals surface area contributed by atoms with E-state index in [9.17, 15) is 9.18 Å². The lowest BCUT2D eigenvalue weighted by atomic mass is 10.1. The minimum absolute atomic E-state index is 0.0437. The Bertz CT molecular complexity index is 1010. The van der Waals surface area contributed by atoms with Gasteiger partial charge in [0.15, 0.2) is 0 Å². The monoisotopic (exact) mass is 423 g/mol. The van der Waals surface area contributed by atoms with Crippen molar-refractivity contribution in [3.8, 4) is 11.8 Å². The highest BCUT2D eigenvalue weighted by Crippen LogP contribution is 2.28. The number of rotatable bonds is 5. The van der Waals surface area contributed by atoms with Gasteiger partial charge in [-0.1, -0.05) is 6.07 Å². The third-order valence-corrected chi connectivity index (χ3v) is 5.93. The van der Waals surface area contributed by atoms with Gasteiger partial charge in [-0.3, -0.25) is 14.7 Å². The molecule has 0 bridgehead atoms. The Kier molecular flexibility index (Phi) is 6.42. The number of nitriles is 1. The molecule has 2 aliphatic rings. The molecule has 31 heavy (non-hydrogen) atoms. The summed E-state index contributed by atoms with van der Waals surface area (Å²) in [4.78, 5) is 24.7. The third kappa shape index (κ3) is 4.83. The Morgan fingerprint density at radius 2 is 2.16 bits per heavy atom. The van der Waals surface area contributed by atoms with Gasteiger partial charge in [0.05, 0.1) is 24.6 Å². The fourth-order valence-electron chi connectivity index (χ4n) is 4.35. The Balaban J connectivity index is 1.33. The molecule has 0 aliphatic carbocycles. The first kappa shape index (κ1) is 21.2. The largest absolute Gasteiger partial charge is 0.490 e. The highest BCUT2D eigenvalue weighted by Gasteiger charge is 2.35. The number of alkyl halides is 1. The van der Waals surface area contributed by atoms with E-state index in [1.807, 2.05) is 24.3 Å². The molecule has 0 N–H and O–H groups in total. The van der Waals surface area contributed by atoms with E-state index in [-0.39, 0.29) is 24.6 Å². The average Bonchev–Trinajstić information content (AvgIpc) is 3.15. The predicted molar refractivity (Wildman–Crippen MR) is 116 cm³/mol. The molecule has 4 rings (SSSR count). The second-order valence-electron chi connectivity index (χ2n) is 8.08. The van der Waals surface area contributed by atoms with E-state index in [2.05, 4.69) is 20.9 Å². The molecule has 2 atom stereocenters. The van der Waals surface area contributed by atoms with Gasteiger partial charge in [-0.25, -0.2) is 9.37 Å². The van der Waals surface area contributed by atoms with Gasteiger partial charge in [0.25, 0.3) is 0 Å². The average molecular weight is 423 g/mol. The van der Waals surface area contributed by atoms with Gasteiger partial charge >= 0.3 is 0 Å². The van der Waals surface area contributed by atoms with Crippen molar-refractivity contribution in [3.63, 3.8) is 0 Å². The first-order chi connectivity index (χ1) is 15.1. The molecule has 0 spiro atoms.